The van der Waals surface area contributed by atoms with E-state index in [4.69, 9.17) is 4.74 Å². The molecule has 1 aromatic heterocycles. The van der Waals surface area contributed by atoms with Crippen molar-refractivity contribution in [2.24, 2.45) is 4.99 Å². The average molecular weight is 300 g/mol. The van der Waals surface area contributed by atoms with Gasteiger partial charge < -0.3 is 4.74 Å². The number of aromatic nitrogens is 2. The van der Waals surface area contributed by atoms with E-state index in [2.05, 4.69) is 27.6 Å². The standard InChI is InChI=1S/C15H16N4OS/c1-3-11(4-2)10-20-15-18-6-5-13(19-15)12(9-16)14-17-7-8-21-14/h3-6,12H,1,7-8,10H2,2H3. The molecule has 1 aliphatic heterocycles. The molecule has 2 heterocycles. The first kappa shape index (κ1) is 15.3. The molecule has 108 valence electrons. The first-order valence-electron chi connectivity index (χ1n) is 6.58. The molecule has 0 fully saturated rings. The van der Waals surface area contributed by atoms with Gasteiger partial charge in [0.05, 0.1) is 16.8 Å². The van der Waals surface area contributed by atoms with Crippen molar-refractivity contribution in [3.8, 4) is 12.1 Å². The molecule has 21 heavy (non-hydrogen) atoms. The Labute approximate surface area is 128 Å². The highest BCUT2D eigenvalue weighted by atomic mass is 32.2. The second-order valence-electron chi connectivity index (χ2n) is 4.25. The predicted octanol–water partition coefficient (Wildman–Crippen LogP) is 2.74. The van der Waals surface area contributed by atoms with E-state index in [9.17, 15) is 5.26 Å². The van der Waals surface area contributed by atoms with Crippen LogP contribution >= 0.6 is 11.8 Å². The molecule has 0 bridgehead atoms. The molecule has 0 radical (unpaired) electrons. The van der Waals surface area contributed by atoms with Crippen LogP contribution in [-0.4, -0.2) is 33.9 Å². The molecule has 5 nitrogen and oxygen atoms in total. The second-order valence-corrected chi connectivity index (χ2v) is 5.37. The van der Waals surface area contributed by atoms with Crippen LogP contribution in [0.4, 0.5) is 0 Å². The van der Waals surface area contributed by atoms with Gasteiger partial charge in [0.25, 0.3) is 0 Å². The largest absolute Gasteiger partial charge is 0.459 e. The SMILES string of the molecule is C=CC(=CC)COc1nccc(C(C#N)C2=NCCS2)n1. The lowest BCUT2D eigenvalue weighted by Gasteiger charge is -2.10. The van der Waals surface area contributed by atoms with Crippen molar-refractivity contribution >= 4 is 16.8 Å². The Morgan fingerprint density at radius 2 is 2.52 bits per heavy atom. The van der Waals surface area contributed by atoms with Gasteiger partial charge in [0.1, 0.15) is 12.5 Å². The Kier molecular flexibility index (Phi) is 5.52. The molecule has 0 aliphatic carbocycles. The van der Waals surface area contributed by atoms with Gasteiger partial charge in [0, 0.05) is 18.5 Å². The highest BCUT2D eigenvalue weighted by Gasteiger charge is 2.23. The molecule has 0 N–H and O–H groups in total. The normalized spacial score (nSPS) is 16.0. The fourth-order valence-electron chi connectivity index (χ4n) is 1.77. The number of nitriles is 1. The number of nitrogens with zero attached hydrogens (tertiary/aromatic N) is 4. The van der Waals surface area contributed by atoms with Crippen molar-refractivity contribution in [2.45, 2.75) is 12.8 Å². The van der Waals surface area contributed by atoms with E-state index < -0.39 is 5.92 Å². The molecule has 1 aromatic rings. The van der Waals surface area contributed by atoms with E-state index in [0.29, 0.717) is 12.3 Å². The van der Waals surface area contributed by atoms with Gasteiger partial charge in [-0.15, -0.1) is 11.8 Å². The summed E-state index contributed by atoms with van der Waals surface area (Å²) in [7, 11) is 0. The zero-order valence-corrected chi connectivity index (χ0v) is 12.6. The summed E-state index contributed by atoms with van der Waals surface area (Å²) in [5, 5.41) is 10.2. The maximum Gasteiger partial charge on any atom is 0.316 e. The summed E-state index contributed by atoms with van der Waals surface area (Å²) in [6.07, 6.45) is 5.25. The quantitative estimate of drug-likeness (QED) is 0.755. The Balaban J connectivity index is 2.13. The van der Waals surface area contributed by atoms with Gasteiger partial charge in [-0.25, -0.2) is 4.98 Å². The van der Waals surface area contributed by atoms with Gasteiger partial charge in [-0.1, -0.05) is 18.7 Å². The topological polar surface area (TPSA) is 71.2 Å². The predicted molar refractivity (Wildman–Crippen MR) is 84.6 cm³/mol. The van der Waals surface area contributed by atoms with Gasteiger partial charge in [-0.05, 0) is 18.6 Å². The average Bonchev–Trinajstić information content (AvgIpc) is 3.04. The van der Waals surface area contributed by atoms with Crippen molar-refractivity contribution in [3.05, 3.63) is 42.3 Å². The molecule has 0 spiro atoms. The minimum absolute atomic E-state index is 0.262. The molecule has 1 atom stereocenters. The summed E-state index contributed by atoms with van der Waals surface area (Å²) in [4.78, 5) is 12.7. The van der Waals surface area contributed by atoms with Crippen LogP contribution in [0, 0.1) is 11.3 Å². The van der Waals surface area contributed by atoms with E-state index in [-0.39, 0.29) is 6.01 Å². The van der Waals surface area contributed by atoms with Crippen LogP contribution < -0.4 is 4.74 Å². The van der Waals surface area contributed by atoms with Gasteiger partial charge in [-0.2, -0.15) is 10.2 Å². The van der Waals surface area contributed by atoms with E-state index in [1.54, 1.807) is 30.1 Å². The molecule has 6 heteroatoms. The van der Waals surface area contributed by atoms with E-state index >= 15 is 0 Å². The number of aliphatic imine (C=N–C) groups is 1. The third-order valence-electron chi connectivity index (χ3n) is 2.94. The van der Waals surface area contributed by atoms with Crippen LogP contribution in [0.3, 0.4) is 0 Å². The lowest BCUT2D eigenvalue weighted by atomic mass is 10.1. The molecule has 0 saturated heterocycles. The van der Waals surface area contributed by atoms with Crippen LogP contribution in [0.1, 0.15) is 18.5 Å². The Morgan fingerprint density at radius 1 is 1.67 bits per heavy atom. The minimum atomic E-state index is -0.441. The number of allylic oxidation sites excluding steroid dienone is 1. The summed E-state index contributed by atoms with van der Waals surface area (Å²) in [6, 6.07) is 4.24. The van der Waals surface area contributed by atoms with Gasteiger partial charge in [-0.3, -0.25) is 4.99 Å². The smallest absolute Gasteiger partial charge is 0.316 e. The molecule has 1 aliphatic rings. The lowest BCUT2D eigenvalue weighted by molar-refractivity contribution is 0.325. The molecule has 0 aromatic carbocycles. The highest BCUT2D eigenvalue weighted by Crippen LogP contribution is 2.26. The molecule has 0 amide bonds. The minimum Gasteiger partial charge on any atom is -0.459 e. The van der Waals surface area contributed by atoms with Gasteiger partial charge in [0.2, 0.25) is 0 Å². The van der Waals surface area contributed by atoms with Crippen LogP contribution in [0.2, 0.25) is 0 Å². The summed E-state index contributed by atoms with van der Waals surface area (Å²) in [5.41, 5.74) is 1.58. The number of thioether (sulfide) groups is 1. The third kappa shape index (κ3) is 3.92. The van der Waals surface area contributed by atoms with Gasteiger partial charge >= 0.3 is 6.01 Å². The number of hydrogen-bond donors (Lipinski definition) is 0. The zero-order chi connectivity index (χ0) is 15.1. The lowest BCUT2D eigenvalue weighted by Crippen LogP contribution is -2.10. The molecule has 1 unspecified atom stereocenters. The van der Waals surface area contributed by atoms with Crippen molar-refractivity contribution < 1.29 is 4.74 Å². The number of ether oxygens (including phenoxy) is 1. The van der Waals surface area contributed by atoms with E-state index in [1.165, 1.54) is 0 Å². The van der Waals surface area contributed by atoms with E-state index in [0.717, 1.165) is 22.9 Å². The van der Waals surface area contributed by atoms with Crippen LogP contribution in [0.25, 0.3) is 0 Å². The summed E-state index contributed by atoms with van der Waals surface area (Å²) < 4.78 is 5.53. The maximum absolute atomic E-state index is 9.36. The Hall–Kier alpha value is -2.13. The summed E-state index contributed by atoms with van der Waals surface area (Å²) >= 11 is 1.61. The first-order chi connectivity index (χ1) is 10.3. The zero-order valence-electron chi connectivity index (χ0n) is 11.8. The van der Waals surface area contributed by atoms with Crippen molar-refractivity contribution in [1.29, 1.82) is 5.26 Å². The van der Waals surface area contributed by atoms with Crippen molar-refractivity contribution in [3.63, 3.8) is 0 Å². The van der Waals surface area contributed by atoms with Crippen LogP contribution in [0.5, 0.6) is 6.01 Å². The van der Waals surface area contributed by atoms with Crippen molar-refractivity contribution in [2.75, 3.05) is 18.9 Å². The fraction of sp³-hybridized carbons (Fsp3) is 0.333. The Morgan fingerprint density at radius 3 is 3.14 bits per heavy atom. The van der Waals surface area contributed by atoms with E-state index in [1.807, 2.05) is 13.0 Å². The fourth-order valence-corrected chi connectivity index (χ4v) is 2.68. The Bertz CT molecular complexity index is 618. The van der Waals surface area contributed by atoms with Crippen molar-refractivity contribution in [1.82, 2.24) is 9.97 Å². The summed E-state index contributed by atoms with van der Waals surface area (Å²) in [6.45, 7) is 6.74. The molecular weight excluding hydrogens is 284 g/mol. The monoisotopic (exact) mass is 300 g/mol. The summed E-state index contributed by atoms with van der Waals surface area (Å²) in [5.74, 6) is 0.481. The van der Waals surface area contributed by atoms with Crippen LogP contribution in [0.15, 0.2) is 41.6 Å². The van der Waals surface area contributed by atoms with Crippen LogP contribution in [-0.2, 0) is 0 Å². The molecular formula is C15H16N4OS. The third-order valence-corrected chi connectivity index (χ3v) is 3.98. The maximum atomic E-state index is 9.36. The molecule has 0 saturated carbocycles. The first-order valence-corrected chi connectivity index (χ1v) is 7.57. The number of rotatable bonds is 6. The second kappa shape index (κ2) is 7.60. The molecule has 2 rings (SSSR count). The highest BCUT2D eigenvalue weighted by molar-refractivity contribution is 8.14. The number of hydrogen-bond acceptors (Lipinski definition) is 6. The van der Waals surface area contributed by atoms with Gasteiger partial charge in [0.15, 0.2) is 0 Å².